The molecule has 0 aliphatic rings. The van der Waals surface area contributed by atoms with Crippen LogP contribution >= 0.6 is 11.8 Å². The van der Waals surface area contributed by atoms with Crippen molar-refractivity contribution in [1.29, 1.82) is 0 Å². The topological polar surface area (TPSA) is 0 Å². The molecule has 1 radical (unpaired) electrons. The highest BCUT2D eigenvalue weighted by atomic mass is 32.2. The highest BCUT2D eigenvalue weighted by Crippen LogP contribution is 2.13. The lowest BCUT2D eigenvalue weighted by atomic mass is 10.1. The zero-order chi connectivity index (χ0) is 12.6. The van der Waals surface area contributed by atoms with Crippen LogP contribution in [0.2, 0.25) is 0 Å². The van der Waals surface area contributed by atoms with Crippen molar-refractivity contribution >= 4 is 11.8 Å². The first kappa shape index (κ1) is 17.4. The number of hydrogen-bond donors (Lipinski definition) is 0. The van der Waals surface area contributed by atoms with Crippen molar-refractivity contribution in [1.82, 2.24) is 0 Å². The van der Waals surface area contributed by atoms with E-state index >= 15 is 0 Å². The van der Waals surface area contributed by atoms with Crippen molar-refractivity contribution in [2.75, 3.05) is 11.5 Å². The molecular formula is C16H33S. The summed E-state index contributed by atoms with van der Waals surface area (Å²) in [6.07, 6.45) is 16.7. The Balaban J connectivity index is 2.85. The molecule has 0 aromatic carbocycles. The lowest BCUT2D eigenvalue weighted by Crippen LogP contribution is -1.86. The first-order valence-electron chi connectivity index (χ1n) is 7.78. The van der Waals surface area contributed by atoms with Crippen molar-refractivity contribution in [2.24, 2.45) is 0 Å². The monoisotopic (exact) mass is 257 g/mol. The lowest BCUT2D eigenvalue weighted by molar-refractivity contribution is 0.593. The van der Waals surface area contributed by atoms with Gasteiger partial charge in [0.05, 0.1) is 0 Å². The van der Waals surface area contributed by atoms with Gasteiger partial charge in [-0.1, -0.05) is 78.1 Å². The fraction of sp³-hybridized carbons (Fsp3) is 0.938. The quantitative estimate of drug-likeness (QED) is 0.331. The van der Waals surface area contributed by atoms with E-state index in [4.69, 9.17) is 0 Å². The van der Waals surface area contributed by atoms with Crippen molar-refractivity contribution in [2.45, 2.75) is 84.0 Å². The molecule has 0 amide bonds. The van der Waals surface area contributed by atoms with E-state index in [1.807, 2.05) is 0 Å². The summed E-state index contributed by atoms with van der Waals surface area (Å²) in [5.74, 6) is 2.79. The third kappa shape index (κ3) is 16.4. The normalized spacial score (nSPS) is 10.9. The first-order chi connectivity index (χ1) is 8.41. The van der Waals surface area contributed by atoms with Gasteiger partial charge in [-0.15, -0.1) is 0 Å². The minimum absolute atomic E-state index is 1.12. The van der Waals surface area contributed by atoms with Crippen LogP contribution in [0.25, 0.3) is 0 Å². The Bertz CT molecular complexity index is 109. The molecule has 0 aliphatic carbocycles. The van der Waals surface area contributed by atoms with Crippen molar-refractivity contribution < 1.29 is 0 Å². The van der Waals surface area contributed by atoms with E-state index in [9.17, 15) is 0 Å². The molecule has 0 N–H and O–H groups in total. The summed E-state index contributed by atoms with van der Waals surface area (Å²) >= 11 is 2.17. The molecule has 0 heterocycles. The molecule has 103 valence electrons. The molecule has 0 unspecified atom stereocenters. The van der Waals surface area contributed by atoms with E-state index < -0.39 is 0 Å². The molecule has 1 heteroatoms. The molecule has 0 atom stereocenters. The zero-order valence-corrected chi connectivity index (χ0v) is 12.8. The first-order valence-corrected chi connectivity index (χ1v) is 8.94. The van der Waals surface area contributed by atoms with Gasteiger partial charge in [0.2, 0.25) is 0 Å². The van der Waals surface area contributed by atoms with Crippen LogP contribution in [0.5, 0.6) is 0 Å². The maximum atomic E-state index is 3.88. The molecule has 0 spiro atoms. The minimum Gasteiger partial charge on any atom is -0.162 e. The Morgan fingerprint density at radius 2 is 1.12 bits per heavy atom. The summed E-state index contributed by atoms with van der Waals surface area (Å²) in [4.78, 5) is 0. The third-order valence-electron chi connectivity index (χ3n) is 3.18. The van der Waals surface area contributed by atoms with E-state index in [1.165, 1.54) is 82.1 Å². The standard InChI is InChI=1S/C16H33S/c1-3-5-7-9-10-11-12-14-16-17-15-13-8-6-4-2/h1,3-16H2,2H3. The molecule has 17 heavy (non-hydrogen) atoms. The van der Waals surface area contributed by atoms with Gasteiger partial charge >= 0.3 is 0 Å². The molecule has 0 rings (SSSR count). The van der Waals surface area contributed by atoms with E-state index in [0.29, 0.717) is 0 Å². The van der Waals surface area contributed by atoms with Gasteiger partial charge in [-0.05, 0) is 24.3 Å². The summed E-state index contributed by atoms with van der Waals surface area (Å²) in [5, 5.41) is 0. The summed E-state index contributed by atoms with van der Waals surface area (Å²) < 4.78 is 0. The van der Waals surface area contributed by atoms with Crippen LogP contribution in [0.15, 0.2) is 0 Å². The Hall–Kier alpha value is 0.350. The fourth-order valence-corrected chi connectivity index (χ4v) is 3.02. The van der Waals surface area contributed by atoms with Crippen molar-refractivity contribution in [3.63, 3.8) is 0 Å². The average molecular weight is 258 g/mol. The molecule has 0 aliphatic heterocycles. The van der Waals surface area contributed by atoms with Crippen molar-refractivity contribution in [3.8, 4) is 0 Å². The highest BCUT2D eigenvalue weighted by molar-refractivity contribution is 7.99. The van der Waals surface area contributed by atoms with Crippen LogP contribution in [-0.4, -0.2) is 11.5 Å². The SMILES string of the molecule is [CH2]CCCCCCCCCSCCCCCC. The van der Waals surface area contributed by atoms with Gasteiger partial charge in [0.1, 0.15) is 0 Å². The second-order valence-electron chi connectivity index (χ2n) is 5.00. The summed E-state index contributed by atoms with van der Waals surface area (Å²) in [5.41, 5.74) is 0. The van der Waals surface area contributed by atoms with Crippen LogP contribution in [0.1, 0.15) is 84.0 Å². The largest absolute Gasteiger partial charge is 0.162 e. The summed E-state index contributed by atoms with van der Waals surface area (Å²) in [6, 6.07) is 0. The molecule has 0 saturated carbocycles. The van der Waals surface area contributed by atoms with Crippen LogP contribution in [-0.2, 0) is 0 Å². The van der Waals surface area contributed by atoms with E-state index in [2.05, 4.69) is 25.6 Å². The minimum atomic E-state index is 1.12. The number of thioether (sulfide) groups is 1. The maximum absolute atomic E-state index is 3.88. The van der Waals surface area contributed by atoms with E-state index in [0.717, 1.165) is 6.42 Å². The van der Waals surface area contributed by atoms with Gasteiger partial charge in [0, 0.05) is 0 Å². The molecule has 0 bridgehead atoms. The molecule has 0 aromatic rings. The van der Waals surface area contributed by atoms with E-state index in [1.54, 1.807) is 0 Å². The number of rotatable bonds is 14. The average Bonchev–Trinajstić information content (AvgIpc) is 2.35. The molecular weight excluding hydrogens is 224 g/mol. The Morgan fingerprint density at radius 1 is 0.647 bits per heavy atom. The molecule has 0 nitrogen and oxygen atoms in total. The predicted octanol–water partition coefficient (Wildman–Crippen LogP) is 6.25. The lowest BCUT2D eigenvalue weighted by Gasteiger charge is -2.02. The predicted molar refractivity (Wildman–Crippen MR) is 83.8 cm³/mol. The third-order valence-corrected chi connectivity index (χ3v) is 4.34. The van der Waals surface area contributed by atoms with Crippen LogP contribution in [0.3, 0.4) is 0 Å². The van der Waals surface area contributed by atoms with Crippen LogP contribution in [0, 0.1) is 6.92 Å². The molecule has 0 saturated heterocycles. The van der Waals surface area contributed by atoms with E-state index in [-0.39, 0.29) is 0 Å². The Kier molecular flexibility index (Phi) is 16.7. The smallest absolute Gasteiger partial charge is 0.00675 e. The number of hydrogen-bond acceptors (Lipinski definition) is 1. The maximum Gasteiger partial charge on any atom is -0.00675 e. The van der Waals surface area contributed by atoms with Crippen molar-refractivity contribution in [3.05, 3.63) is 6.92 Å². The Labute approximate surface area is 114 Å². The van der Waals surface area contributed by atoms with Gasteiger partial charge < -0.3 is 0 Å². The zero-order valence-electron chi connectivity index (χ0n) is 12.0. The van der Waals surface area contributed by atoms with Crippen LogP contribution in [0.4, 0.5) is 0 Å². The molecule has 0 fully saturated rings. The van der Waals surface area contributed by atoms with Gasteiger partial charge in [-0.3, -0.25) is 0 Å². The summed E-state index contributed by atoms with van der Waals surface area (Å²) in [6.45, 7) is 6.16. The Morgan fingerprint density at radius 3 is 1.65 bits per heavy atom. The van der Waals surface area contributed by atoms with Gasteiger partial charge in [-0.25, -0.2) is 0 Å². The number of unbranched alkanes of at least 4 members (excludes halogenated alkanes) is 10. The van der Waals surface area contributed by atoms with Crippen LogP contribution < -0.4 is 0 Å². The fourth-order valence-electron chi connectivity index (χ4n) is 2.00. The second kappa shape index (κ2) is 16.4. The molecule has 0 aromatic heterocycles. The highest BCUT2D eigenvalue weighted by Gasteiger charge is 1.93. The van der Waals surface area contributed by atoms with Gasteiger partial charge in [-0.2, -0.15) is 11.8 Å². The van der Waals surface area contributed by atoms with Gasteiger partial charge in [0.15, 0.2) is 0 Å². The second-order valence-corrected chi connectivity index (χ2v) is 6.23. The van der Waals surface area contributed by atoms with Gasteiger partial charge in [0.25, 0.3) is 0 Å². The summed E-state index contributed by atoms with van der Waals surface area (Å²) in [7, 11) is 0.